The van der Waals surface area contributed by atoms with Crippen LogP contribution in [0.15, 0.2) is 48.8 Å². The van der Waals surface area contributed by atoms with Gasteiger partial charge >= 0.3 is 5.97 Å². The van der Waals surface area contributed by atoms with Gasteiger partial charge in [-0.25, -0.2) is 4.98 Å². The van der Waals surface area contributed by atoms with Gasteiger partial charge in [0.15, 0.2) is 11.8 Å². The Morgan fingerprint density at radius 2 is 2.04 bits per heavy atom. The highest BCUT2D eigenvalue weighted by molar-refractivity contribution is 6.32. The third kappa shape index (κ3) is 3.72. The number of H-pyrrole nitrogens is 1. The molecular formula is C17H14ClN3O3. The second-order valence-corrected chi connectivity index (χ2v) is 5.44. The third-order valence-electron chi connectivity index (χ3n) is 3.41. The summed E-state index contributed by atoms with van der Waals surface area (Å²) < 4.78 is 5.01. The number of carbonyl (C=O) groups is 2. The standard InChI is InChI=1S/C17H14ClN3O3/c18-17-14(6-3-7-19-17)21-15(22)10-24-16(23)8-11-9-20-13-5-2-1-4-12(11)13/h1-7,9,20H,8,10H2,(H,21,22). The predicted molar refractivity (Wildman–Crippen MR) is 90.8 cm³/mol. The van der Waals surface area contributed by atoms with Gasteiger partial charge in [0.1, 0.15) is 0 Å². The zero-order valence-corrected chi connectivity index (χ0v) is 13.3. The number of hydrogen-bond donors (Lipinski definition) is 2. The first-order valence-electron chi connectivity index (χ1n) is 7.24. The van der Waals surface area contributed by atoms with Gasteiger partial charge in [-0.2, -0.15) is 0 Å². The van der Waals surface area contributed by atoms with Crippen LogP contribution in [0.4, 0.5) is 5.69 Å². The molecule has 7 heteroatoms. The quantitative estimate of drug-likeness (QED) is 0.551. The fourth-order valence-electron chi connectivity index (χ4n) is 2.30. The number of pyridine rings is 1. The molecular weight excluding hydrogens is 330 g/mol. The number of anilines is 1. The Morgan fingerprint density at radius 3 is 2.88 bits per heavy atom. The smallest absolute Gasteiger partial charge is 0.310 e. The summed E-state index contributed by atoms with van der Waals surface area (Å²) in [7, 11) is 0. The van der Waals surface area contributed by atoms with Crippen LogP contribution in [0, 0.1) is 0 Å². The van der Waals surface area contributed by atoms with E-state index in [0.29, 0.717) is 5.69 Å². The van der Waals surface area contributed by atoms with E-state index in [9.17, 15) is 9.59 Å². The molecule has 1 amide bonds. The Kier molecular flexibility index (Phi) is 4.77. The highest BCUT2D eigenvalue weighted by Gasteiger charge is 2.12. The zero-order chi connectivity index (χ0) is 16.9. The first kappa shape index (κ1) is 16.0. The summed E-state index contributed by atoms with van der Waals surface area (Å²) in [6.07, 6.45) is 3.37. The molecule has 0 unspecified atom stereocenters. The van der Waals surface area contributed by atoms with Crippen molar-refractivity contribution in [2.45, 2.75) is 6.42 Å². The average molecular weight is 344 g/mol. The summed E-state index contributed by atoms with van der Waals surface area (Å²) >= 11 is 5.84. The van der Waals surface area contributed by atoms with Crippen LogP contribution in [-0.2, 0) is 20.7 Å². The summed E-state index contributed by atoms with van der Waals surface area (Å²) in [4.78, 5) is 30.7. The average Bonchev–Trinajstić information content (AvgIpc) is 2.98. The number of aromatic amines is 1. The van der Waals surface area contributed by atoms with Gasteiger partial charge in [-0.3, -0.25) is 9.59 Å². The number of aromatic nitrogens is 2. The van der Waals surface area contributed by atoms with Crippen LogP contribution in [0.3, 0.4) is 0 Å². The fraction of sp³-hybridized carbons (Fsp3) is 0.118. The maximum Gasteiger partial charge on any atom is 0.310 e. The molecule has 122 valence electrons. The molecule has 3 rings (SSSR count). The Morgan fingerprint density at radius 1 is 1.21 bits per heavy atom. The van der Waals surface area contributed by atoms with Crippen molar-refractivity contribution in [2.75, 3.05) is 11.9 Å². The molecule has 0 fully saturated rings. The lowest BCUT2D eigenvalue weighted by molar-refractivity contribution is -0.146. The number of halogens is 1. The fourth-order valence-corrected chi connectivity index (χ4v) is 2.46. The van der Waals surface area contributed by atoms with E-state index >= 15 is 0 Å². The van der Waals surface area contributed by atoms with Gasteiger partial charge in [0.25, 0.3) is 5.91 Å². The lowest BCUT2D eigenvalue weighted by Gasteiger charge is -2.07. The number of ether oxygens (including phenoxy) is 1. The second-order valence-electron chi connectivity index (χ2n) is 5.09. The number of esters is 1. The Balaban J connectivity index is 1.54. The molecule has 6 nitrogen and oxygen atoms in total. The number of hydrogen-bond acceptors (Lipinski definition) is 4. The van der Waals surface area contributed by atoms with Gasteiger partial charge in [-0.05, 0) is 23.8 Å². The minimum Gasteiger partial charge on any atom is -0.455 e. The highest BCUT2D eigenvalue weighted by atomic mass is 35.5. The lowest BCUT2D eigenvalue weighted by atomic mass is 10.1. The summed E-state index contributed by atoms with van der Waals surface area (Å²) in [5.41, 5.74) is 2.15. The Hall–Kier alpha value is -2.86. The molecule has 0 aliphatic heterocycles. The molecule has 0 aliphatic rings. The van der Waals surface area contributed by atoms with Crippen molar-refractivity contribution >= 4 is 40.1 Å². The number of carbonyl (C=O) groups excluding carboxylic acids is 2. The second kappa shape index (κ2) is 7.14. The van der Waals surface area contributed by atoms with Gasteiger partial charge in [0.2, 0.25) is 0 Å². The zero-order valence-electron chi connectivity index (χ0n) is 12.6. The largest absolute Gasteiger partial charge is 0.455 e. The Labute approximate surface area is 142 Å². The van der Waals surface area contributed by atoms with Crippen molar-refractivity contribution in [3.8, 4) is 0 Å². The first-order chi connectivity index (χ1) is 11.6. The number of fused-ring (bicyclic) bond motifs is 1. The molecule has 0 saturated heterocycles. The summed E-state index contributed by atoms with van der Waals surface area (Å²) in [6.45, 7) is -0.383. The molecule has 0 atom stereocenters. The van der Waals surface area contributed by atoms with Gasteiger partial charge in [-0.15, -0.1) is 0 Å². The Bertz CT molecular complexity index is 891. The normalized spacial score (nSPS) is 10.5. The van der Waals surface area contributed by atoms with Gasteiger partial charge < -0.3 is 15.0 Å². The van der Waals surface area contributed by atoms with E-state index in [0.717, 1.165) is 16.5 Å². The van der Waals surface area contributed by atoms with E-state index in [4.69, 9.17) is 16.3 Å². The number of para-hydroxylation sites is 1. The van der Waals surface area contributed by atoms with Crippen molar-refractivity contribution in [2.24, 2.45) is 0 Å². The monoisotopic (exact) mass is 343 g/mol. The highest BCUT2D eigenvalue weighted by Crippen LogP contribution is 2.19. The molecule has 24 heavy (non-hydrogen) atoms. The summed E-state index contributed by atoms with van der Waals surface area (Å²) in [6, 6.07) is 10.9. The number of amides is 1. The lowest BCUT2D eigenvalue weighted by Crippen LogP contribution is -2.21. The first-order valence-corrected chi connectivity index (χ1v) is 7.62. The van der Waals surface area contributed by atoms with Crippen LogP contribution in [0.1, 0.15) is 5.56 Å². The van der Waals surface area contributed by atoms with E-state index in [1.54, 1.807) is 18.3 Å². The molecule has 0 radical (unpaired) electrons. The molecule has 0 spiro atoms. The topological polar surface area (TPSA) is 84.1 Å². The van der Waals surface area contributed by atoms with Crippen molar-refractivity contribution in [1.82, 2.24) is 9.97 Å². The molecule has 2 aromatic heterocycles. The van der Waals surface area contributed by atoms with Crippen LogP contribution < -0.4 is 5.32 Å². The minimum absolute atomic E-state index is 0.0882. The molecule has 1 aromatic carbocycles. The summed E-state index contributed by atoms with van der Waals surface area (Å²) in [5, 5.41) is 3.67. The molecule has 2 heterocycles. The van der Waals surface area contributed by atoms with E-state index in [1.807, 2.05) is 24.3 Å². The molecule has 2 N–H and O–H groups in total. The third-order valence-corrected chi connectivity index (χ3v) is 3.71. The maximum atomic E-state index is 11.9. The van der Waals surface area contributed by atoms with Gasteiger partial charge in [0, 0.05) is 23.3 Å². The summed E-state index contributed by atoms with van der Waals surface area (Å²) in [5.74, 6) is -0.954. The minimum atomic E-state index is -0.479. The molecule has 0 aliphatic carbocycles. The van der Waals surface area contributed by atoms with Gasteiger partial charge in [-0.1, -0.05) is 29.8 Å². The van der Waals surface area contributed by atoms with Crippen molar-refractivity contribution < 1.29 is 14.3 Å². The number of nitrogens with zero attached hydrogens (tertiary/aromatic N) is 1. The van der Waals surface area contributed by atoms with Crippen molar-refractivity contribution in [3.63, 3.8) is 0 Å². The number of rotatable bonds is 5. The van der Waals surface area contributed by atoms with E-state index in [2.05, 4.69) is 15.3 Å². The predicted octanol–water partition coefficient (Wildman–Crippen LogP) is 2.94. The molecule has 3 aromatic rings. The van der Waals surface area contributed by atoms with Crippen molar-refractivity contribution in [3.05, 3.63) is 59.5 Å². The molecule has 0 saturated carbocycles. The van der Waals surface area contributed by atoms with Crippen LogP contribution in [-0.4, -0.2) is 28.5 Å². The number of benzene rings is 1. The van der Waals surface area contributed by atoms with E-state index < -0.39 is 11.9 Å². The van der Waals surface area contributed by atoms with Crippen molar-refractivity contribution in [1.29, 1.82) is 0 Å². The SMILES string of the molecule is O=C(COC(=O)Cc1c[nH]c2ccccc12)Nc1cccnc1Cl. The van der Waals surface area contributed by atoms with Crippen LogP contribution in [0.5, 0.6) is 0 Å². The van der Waals surface area contributed by atoms with Crippen LogP contribution in [0.2, 0.25) is 5.15 Å². The van der Waals surface area contributed by atoms with Gasteiger partial charge in [0.05, 0.1) is 12.1 Å². The van der Waals surface area contributed by atoms with E-state index in [1.165, 1.54) is 6.20 Å². The van der Waals surface area contributed by atoms with Crippen LogP contribution in [0.25, 0.3) is 10.9 Å². The maximum absolute atomic E-state index is 11.9. The molecule has 0 bridgehead atoms. The van der Waals surface area contributed by atoms with Crippen LogP contribution >= 0.6 is 11.6 Å². The number of nitrogens with one attached hydrogen (secondary N) is 2. The van der Waals surface area contributed by atoms with E-state index in [-0.39, 0.29) is 18.2 Å².